The highest BCUT2D eigenvalue weighted by Crippen LogP contribution is 2.45. The molecular formula is C73H142O17P2. The van der Waals surface area contributed by atoms with Crippen LogP contribution in [0.5, 0.6) is 0 Å². The SMILES string of the molecule is CCCCCCCCCCCCCCCCCC(=O)O[C@H](COC(=O)CCCCCCCCCCCCC(C)C)COP(=O)(O)OC[C@@H](O)COP(=O)(O)OC[C@@H](COC(=O)CCCCCCCCCCCCC)OC(=O)CCCCCCCCCCCCCCC. The van der Waals surface area contributed by atoms with Gasteiger partial charge in [0.1, 0.15) is 19.3 Å². The van der Waals surface area contributed by atoms with Crippen LogP contribution in [0.2, 0.25) is 0 Å². The molecule has 0 aromatic carbocycles. The summed E-state index contributed by atoms with van der Waals surface area (Å²) < 4.78 is 68.4. The van der Waals surface area contributed by atoms with Crippen molar-refractivity contribution in [3.63, 3.8) is 0 Å². The fourth-order valence-electron chi connectivity index (χ4n) is 11.2. The van der Waals surface area contributed by atoms with Crippen molar-refractivity contribution in [2.45, 2.75) is 400 Å². The first kappa shape index (κ1) is 90.1. The van der Waals surface area contributed by atoms with Crippen molar-refractivity contribution in [3.05, 3.63) is 0 Å². The molecule has 0 aromatic rings. The molecule has 0 aliphatic carbocycles. The highest BCUT2D eigenvalue weighted by atomic mass is 31.2. The summed E-state index contributed by atoms with van der Waals surface area (Å²) in [7, 11) is -9.90. The van der Waals surface area contributed by atoms with E-state index in [2.05, 4.69) is 34.6 Å². The van der Waals surface area contributed by atoms with Crippen LogP contribution in [0.4, 0.5) is 0 Å². The minimum absolute atomic E-state index is 0.108. The average Bonchev–Trinajstić information content (AvgIpc) is 1.86. The third kappa shape index (κ3) is 66.7. The van der Waals surface area contributed by atoms with Gasteiger partial charge in [-0.3, -0.25) is 37.3 Å². The Morgan fingerprint density at radius 2 is 0.500 bits per heavy atom. The minimum atomic E-state index is -4.95. The molecule has 0 amide bonds. The lowest BCUT2D eigenvalue weighted by Crippen LogP contribution is -2.30. The smallest absolute Gasteiger partial charge is 0.462 e. The molecule has 0 aliphatic heterocycles. The maximum Gasteiger partial charge on any atom is 0.472 e. The fraction of sp³-hybridized carbons (Fsp3) is 0.945. The van der Waals surface area contributed by atoms with Gasteiger partial charge in [0, 0.05) is 25.7 Å². The van der Waals surface area contributed by atoms with E-state index in [9.17, 15) is 43.2 Å². The molecule has 0 saturated carbocycles. The first-order valence-corrected chi connectivity index (χ1v) is 41.1. The molecule has 0 fully saturated rings. The molecule has 17 nitrogen and oxygen atoms in total. The lowest BCUT2D eigenvalue weighted by molar-refractivity contribution is -0.161. The summed E-state index contributed by atoms with van der Waals surface area (Å²) in [4.78, 5) is 72.7. The third-order valence-electron chi connectivity index (χ3n) is 17.0. The molecule has 0 spiro atoms. The third-order valence-corrected chi connectivity index (χ3v) is 18.9. The van der Waals surface area contributed by atoms with Gasteiger partial charge in [-0.1, -0.05) is 330 Å². The lowest BCUT2D eigenvalue weighted by atomic mass is 10.0. The van der Waals surface area contributed by atoms with Crippen LogP contribution < -0.4 is 0 Å². The van der Waals surface area contributed by atoms with Gasteiger partial charge in [0.05, 0.1) is 26.4 Å². The molecule has 0 radical (unpaired) electrons. The van der Waals surface area contributed by atoms with Crippen molar-refractivity contribution < 1.29 is 80.2 Å². The van der Waals surface area contributed by atoms with Crippen LogP contribution in [-0.4, -0.2) is 96.7 Å². The summed E-state index contributed by atoms with van der Waals surface area (Å²) in [5.74, 6) is -1.36. The Bertz CT molecular complexity index is 1770. The summed E-state index contributed by atoms with van der Waals surface area (Å²) >= 11 is 0. The number of phosphoric acid groups is 2. The number of phosphoric ester groups is 2. The normalized spacial score (nSPS) is 14.0. The van der Waals surface area contributed by atoms with Crippen molar-refractivity contribution in [1.82, 2.24) is 0 Å². The standard InChI is InChI=1S/C73H142O17P2/c1-6-9-12-15-18-21-24-26-27-29-32-39-44-49-54-59-73(78)90-69(63-84-71(76)57-52-47-42-37-34-33-35-40-45-50-55-66(4)5)65-88-92(81,82)86-61-67(74)60-85-91(79,80)87-64-68(62-83-70(75)56-51-46-41-36-30-23-20-17-14-11-8-3)89-72(77)58-53-48-43-38-31-28-25-22-19-16-13-10-7-2/h66-69,74H,6-65H2,1-5H3,(H,79,80)(H,81,82)/t67-,68+,69+/m0/s1. The topological polar surface area (TPSA) is 237 Å². The molecule has 0 aromatic heterocycles. The number of unbranched alkanes of at least 4 members (excludes halogenated alkanes) is 45. The highest BCUT2D eigenvalue weighted by Gasteiger charge is 2.30. The van der Waals surface area contributed by atoms with Crippen molar-refractivity contribution in [3.8, 4) is 0 Å². The summed E-state index contributed by atoms with van der Waals surface area (Å²) in [5.41, 5.74) is 0. The number of carbonyl (C=O) groups excluding carboxylic acids is 4. The van der Waals surface area contributed by atoms with Gasteiger partial charge in [0.15, 0.2) is 12.2 Å². The zero-order chi connectivity index (χ0) is 67.7. The average molecular weight is 1350 g/mol. The fourth-order valence-corrected chi connectivity index (χ4v) is 12.8. The van der Waals surface area contributed by atoms with E-state index in [1.807, 2.05) is 0 Å². The number of ether oxygens (including phenoxy) is 4. The number of hydrogen-bond donors (Lipinski definition) is 3. The summed E-state index contributed by atoms with van der Waals surface area (Å²) in [6.45, 7) is 7.27. The maximum atomic E-state index is 13.1. The van der Waals surface area contributed by atoms with E-state index < -0.39 is 97.5 Å². The molecule has 92 heavy (non-hydrogen) atoms. The number of carbonyl (C=O) groups is 4. The van der Waals surface area contributed by atoms with E-state index in [0.29, 0.717) is 25.7 Å². The highest BCUT2D eigenvalue weighted by molar-refractivity contribution is 7.47. The lowest BCUT2D eigenvalue weighted by Gasteiger charge is -2.21. The Hall–Kier alpha value is -1.94. The van der Waals surface area contributed by atoms with Crippen LogP contribution in [0.25, 0.3) is 0 Å². The van der Waals surface area contributed by atoms with Gasteiger partial charge >= 0.3 is 39.5 Å². The van der Waals surface area contributed by atoms with E-state index >= 15 is 0 Å². The van der Waals surface area contributed by atoms with Crippen molar-refractivity contribution >= 4 is 39.5 Å². The largest absolute Gasteiger partial charge is 0.472 e. The Morgan fingerprint density at radius 1 is 0.293 bits per heavy atom. The summed E-state index contributed by atoms with van der Waals surface area (Å²) in [6, 6.07) is 0. The van der Waals surface area contributed by atoms with Gasteiger partial charge in [0.2, 0.25) is 0 Å². The van der Waals surface area contributed by atoms with Crippen molar-refractivity contribution in [2.24, 2.45) is 5.92 Å². The van der Waals surface area contributed by atoms with Crippen LogP contribution in [0.3, 0.4) is 0 Å². The molecular weight excluding hydrogens is 1210 g/mol. The minimum Gasteiger partial charge on any atom is -0.462 e. The Kier molecular flexibility index (Phi) is 64.9. The van der Waals surface area contributed by atoms with Crippen LogP contribution >= 0.6 is 15.6 Å². The molecule has 3 N–H and O–H groups in total. The van der Waals surface area contributed by atoms with Crippen molar-refractivity contribution in [1.29, 1.82) is 0 Å². The summed E-state index contributed by atoms with van der Waals surface area (Å²) in [5, 5.41) is 10.6. The number of aliphatic hydroxyl groups is 1. The van der Waals surface area contributed by atoms with Crippen LogP contribution in [0.15, 0.2) is 0 Å². The molecule has 5 atom stereocenters. The molecule has 0 saturated heterocycles. The summed E-state index contributed by atoms with van der Waals surface area (Å²) in [6.07, 6.45) is 53.9. The maximum absolute atomic E-state index is 13.1. The van der Waals surface area contributed by atoms with E-state index in [-0.39, 0.29) is 25.7 Å². The first-order valence-electron chi connectivity index (χ1n) is 38.1. The van der Waals surface area contributed by atoms with Gasteiger partial charge in [-0.2, -0.15) is 0 Å². The molecule has 0 rings (SSSR count). The number of rotatable bonds is 73. The molecule has 0 bridgehead atoms. The quantitative estimate of drug-likeness (QED) is 0.0222. The van der Waals surface area contributed by atoms with E-state index in [1.165, 1.54) is 205 Å². The van der Waals surface area contributed by atoms with Gasteiger partial charge in [-0.25, -0.2) is 9.13 Å². The Labute approximate surface area is 562 Å². The van der Waals surface area contributed by atoms with Gasteiger partial charge in [-0.05, 0) is 31.6 Å². The van der Waals surface area contributed by atoms with Crippen LogP contribution in [0, 0.1) is 5.92 Å². The van der Waals surface area contributed by atoms with Crippen LogP contribution in [0.1, 0.15) is 381 Å². The van der Waals surface area contributed by atoms with Crippen LogP contribution in [-0.2, 0) is 65.4 Å². The first-order chi connectivity index (χ1) is 44.5. The van der Waals surface area contributed by atoms with Gasteiger partial charge in [-0.15, -0.1) is 0 Å². The Morgan fingerprint density at radius 3 is 0.739 bits per heavy atom. The monoisotopic (exact) mass is 1350 g/mol. The van der Waals surface area contributed by atoms with E-state index in [4.69, 9.17) is 37.0 Å². The number of esters is 4. The van der Waals surface area contributed by atoms with Gasteiger partial charge < -0.3 is 33.8 Å². The zero-order valence-corrected chi connectivity index (χ0v) is 61.5. The predicted octanol–water partition coefficient (Wildman–Crippen LogP) is 21.3. The van der Waals surface area contributed by atoms with Crippen molar-refractivity contribution in [2.75, 3.05) is 39.6 Å². The molecule has 19 heteroatoms. The number of hydrogen-bond acceptors (Lipinski definition) is 15. The Balaban J connectivity index is 5.26. The van der Waals surface area contributed by atoms with E-state index in [0.717, 1.165) is 95.8 Å². The predicted molar refractivity (Wildman–Crippen MR) is 372 cm³/mol. The second-order valence-electron chi connectivity index (χ2n) is 26.8. The van der Waals surface area contributed by atoms with Gasteiger partial charge in [0.25, 0.3) is 0 Å². The zero-order valence-electron chi connectivity index (χ0n) is 59.7. The molecule has 0 heterocycles. The second kappa shape index (κ2) is 66.3. The molecule has 546 valence electrons. The second-order valence-corrected chi connectivity index (χ2v) is 29.7. The molecule has 0 aliphatic rings. The number of aliphatic hydroxyl groups excluding tert-OH is 1. The van der Waals surface area contributed by atoms with E-state index in [1.54, 1.807) is 0 Å². The molecule has 2 unspecified atom stereocenters.